The number of nitrogens with zero attached hydrogens (tertiary/aromatic N) is 2. The number of likely N-dealkylation sites (N-methyl/N-ethyl adjacent to an activating group) is 1. The van der Waals surface area contributed by atoms with Crippen LogP contribution in [0.15, 0.2) is 24.3 Å². The summed E-state index contributed by atoms with van der Waals surface area (Å²) in [6.45, 7) is 1.32. The molecule has 0 radical (unpaired) electrons. The first-order valence-electron chi connectivity index (χ1n) is 6.95. The number of benzene rings is 1. The Labute approximate surface area is 118 Å². The summed E-state index contributed by atoms with van der Waals surface area (Å²) in [5.74, 6) is 0.112. The summed E-state index contributed by atoms with van der Waals surface area (Å²) in [5.41, 5.74) is 2.26. The molecule has 0 aliphatic carbocycles. The van der Waals surface area contributed by atoms with Crippen LogP contribution in [-0.4, -0.2) is 43.1 Å². The van der Waals surface area contributed by atoms with Gasteiger partial charge in [0.25, 0.3) is 0 Å². The maximum absolute atomic E-state index is 12.3. The van der Waals surface area contributed by atoms with Crippen LogP contribution in [0.3, 0.4) is 0 Å². The Morgan fingerprint density at radius 1 is 1.40 bits per heavy atom. The van der Waals surface area contributed by atoms with Gasteiger partial charge in [-0.2, -0.15) is 0 Å². The molecule has 5 nitrogen and oxygen atoms in total. The second kappa shape index (κ2) is 5.15. The van der Waals surface area contributed by atoms with Crippen molar-refractivity contribution < 1.29 is 14.3 Å². The number of rotatable bonds is 3. The number of cyclic esters (lactones) is 1. The molecule has 1 fully saturated rings. The van der Waals surface area contributed by atoms with Crippen molar-refractivity contribution in [2.24, 2.45) is 0 Å². The van der Waals surface area contributed by atoms with Gasteiger partial charge in [0.05, 0.1) is 6.54 Å². The quantitative estimate of drug-likeness (QED) is 0.844. The lowest BCUT2D eigenvalue weighted by Gasteiger charge is -2.18. The zero-order valence-electron chi connectivity index (χ0n) is 11.5. The van der Waals surface area contributed by atoms with Crippen molar-refractivity contribution >= 4 is 17.7 Å². The van der Waals surface area contributed by atoms with Crippen LogP contribution >= 0.6 is 0 Å². The third-order valence-electron chi connectivity index (χ3n) is 3.93. The Hall–Kier alpha value is -2.04. The Bertz CT molecular complexity index is 544. The number of carbonyl (C=O) groups is 2. The number of carbonyl (C=O) groups excluding carboxylic acids is 2. The zero-order valence-corrected chi connectivity index (χ0v) is 11.5. The van der Waals surface area contributed by atoms with E-state index in [0.717, 1.165) is 18.7 Å². The van der Waals surface area contributed by atoms with Gasteiger partial charge >= 0.3 is 6.09 Å². The van der Waals surface area contributed by atoms with Crippen molar-refractivity contribution in [3.05, 3.63) is 29.8 Å². The number of anilines is 1. The number of ether oxygens (including phenoxy) is 1. The molecule has 2 aliphatic rings. The second-order valence-electron chi connectivity index (χ2n) is 5.35. The largest absolute Gasteiger partial charge is 0.444 e. The summed E-state index contributed by atoms with van der Waals surface area (Å²) in [5, 5.41) is 0. The zero-order chi connectivity index (χ0) is 14.1. The minimum Gasteiger partial charge on any atom is -0.444 e. The van der Waals surface area contributed by atoms with E-state index in [1.807, 2.05) is 23.1 Å². The van der Waals surface area contributed by atoms with Gasteiger partial charge < -0.3 is 14.5 Å². The van der Waals surface area contributed by atoms with E-state index in [4.69, 9.17) is 4.74 Å². The van der Waals surface area contributed by atoms with Gasteiger partial charge in [-0.05, 0) is 24.5 Å². The monoisotopic (exact) mass is 274 g/mol. The van der Waals surface area contributed by atoms with Crippen LogP contribution in [0.5, 0.6) is 0 Å². The average molecular weight is 274 g/mol. The molecule has 2 heterocycles. The molecule has 2 amide bonds. The van der Waals surface area contributed by atoms with Crippen LogP contribution in [0.25, 0.3) is 0 Å². The first-order valence-corrected chi connectivity index (χ1v) is 6.95. The Morgan fingerprint density at radius 2 is 2.20 bits per heavy atom. The normalized spacial score (nSPS) is 21.1. The van der Waals surface area contributed by atoms with Gasteiger partial charge in [-0.25, -0.2) is 4.79 Å². The standard InChI is InChI=1S/C15H18N2O3/c1-16-10-12(20-15(16)19)6-7-14(18)17-9-8-11-4-2-3-5-13(11)17/h2-5,12H,6-10H2,1H3. The first-order chi connectivity index (χ1) is 9.65. The van der Waals surface area contributed by atoms with Crippen LogP contribution in [0.1, 0.15) is 18.4 Å². The molecule has 1 saturated heterocycles. The van der Waals surface area contributed by atoms with Gasteiger partial charge in [-0.15, -0.1) is 0 Å². The molecule has 1 aromatic rings. The highest BCUT2D eigenvalue weighted by Gasteiger charge is 2.30. The molecule has 0 N–H and O–H groups in total. The van der Waals surface area contributed by atoms with Gasteiger partial charge in [0.1, 0.15) is 6.10 Å². The number of hydrogen-bond acceptors (Lipinski definition) is 3. The topological polar surface area (TPSA) is 49.9 Å². The SMILES string of the molecule is CN1CC(CCC(=O)N2CCc3ccccc32)OC1=O. The molecule has 3 rings (SSSR count). The lowest BCUT2D eigenvalue weighted by molar-refractivity contribution is -0.119. The van der Waals surface area contributed by atoms with Crippen molar-refractivity contribution in [3.63, 3.8) is 0 Å². The highest BCUT2D eigenvalue weighted by Crippen LogP contribution is 2.28. The van der Waals surface area contributed by atoms with Gasteiger partial charge in [0, 0.05) is 25.7 Å². The van der Waals surface area contributed by atoms with Gasteiger partial charge in [-0.1, -0.05) is 18.2 Å². The Morgan fingerprint density at radius 3 is 2.95 bits per heavy atom. The molecule has 0 bridgehead atoms. The first kappa shape index (κ1) is 13.0. The van der Waals surface area contributed by atoms with Gasteiger partial charge in [0.15, 0.2) is 0 Å². The van der Waals surface area contributed by atoms with Crippen LogP contribution in [0.4, 0.5) is 10.5 Å². The summed E-state index contributed by atoms with van der Waals surface area (Å²) < 4.78 is 5.17. The van der Waals surface area contributed by atoms with Crippen molar-refractivity contribution in [1.82, 2.24) is 4.90 Å². The molecule has 0 spiro atoms. The van der Waals surface area contributed by atoms with E-state index >= 15 is 0 Å². The predicted octanol–water partition coefficient (Wildman–Crippen LogP) is 1.81. The molecule has 1 atom stereocenters. The van der Waals surface area contributed by atoms with E-state index < -0.39 is 0 Å². The summed E-state index contributed by atoms with van der Waals surface area (Å²) in [7, 11) is 1.71. The Kier molecular flexibility index (Phi) is 3.34. The molecule has 0 aromatic heterocycles. The molecule has 2 aliphatic heterocycles. The van der Waals surface area contributed by atoms with Crippen LogP contribution in [0.2, 0.25) is 0 Å². The molecular formula is C15H18N2O3. The van der Waals surface area contributed by atoms with Crippen molar-refractivity contribution in [2.45, 2.75) is 25.4 Å². The molecule has 20 heavy (non-hydrogen) atoms. The molecule has 0 saturated carbocycles. The van der Waals surface area contributed by atoms with E-state index in [1.165, 1.54) is 5.56 Å². The third kappa shape index (κ3) is 2.35. The molecular weight excluding hydrogens is 256 g/mol. The minimum atomic E-state index is -0.297. The maximum Gasteiger partial charge on any atom is 0.409 e. The van der Waals surface area contributed by atoms with Crippen molar-refractivity contribution in [2.75, 3.05) is 25.0 Å². The summed E-state index contributed by atoms with van der Waals surface area (Å²) >= 11 is 0. The van der Waals surface area contributed by atoms with Crippen molar-refractivity contribution in [3.8, 4) is 0 Å². The predicted molar refractivity (Wildman–Crippen MR) is 74.6 cm³/mol. The van der Waals surface area contributed by atoms with E-state index in [1.54, 1.807) is 11.9 Å². The van der Waals surface area contributed by atoms with Crippen LogP contribution in [0, 0.1) is 0 Å². The average Bonchev–Trinajstić information content (AvgIpc) is 3.00. The number of para-hydroxylation sites is 1. The fraction of sp³-hybridized carbons (Fsp3) is 0.467. The van der Waals surface area contributed by atoms with Crippen LogP contribution in [-0.2, 0) is 16.0 Å². The molecule has 106 valence electrons. The molecule has 5 heteroatoms. The molecule has 1 aromatic carbocycles. The number of hydrogen-bond donors (Lipinski definition) is 0. The van der Waals surface area contributed by atoms with E-state index in [9.17, 15) is 9.59 Å². The molecule has 1 unspecified atom stereocenters. The number of amides is 2. The highest BCUT2D eigenvalue weighted by molar-refractivity contribution is 5.95. The van der Waals surface area contributed by atoms with Gasteiger partial charge in [-0.3, -0.25) is 4.79 Å². The van der Waals surface area contributed by atoms with E-state index in [-0.39, 0.29) is 18.1 Å². The third-order valence-corrected chi connectivity index (χ3v) is 3.93. The summed E-state index contributed by atoms with van der Waals surface area (Å²) in [6, 6.07) is 8.01. The fourth-order valence-electron chi connectivity index (χ4n) is 2.82. The van der Waals surface area contributed by atoms with E-state index in [0.29, 0.717) is 19.4 Å². The Balaban J connectivity index is 1.57. The maximum atomic E-state index is 12.3. The lowest BCUT2D eigenvalue weighted by Crippen LogP contribution is -2.30. The van der Waals surface area contributed by atoms with E-state index in [2.05, 4.69) is 6.07 Å². The summed E-state index contributed by atoms with van der Waals surface area (Å²) in [4.78, 5) is 26.9. The smallest absolute Gasteiger partial charge is 0.409 e. The minimum absolute atomic E-state index is 0.112. The summed E-state index contributed by atoms with van der Waals surface area (Å²) in [6.07, 6.45) is 1.47. The highest BCUT2D eigenvalue weighted by atomic mass is 16.6. The number of fused-ring (bicyclic) bond motifs is 1. The lowest BCUT2D eigenvalue weighted by atomic mass is 10.1. The van der Waals surface area contributed by atoms with Crippen molar-refractivity contribution in [1.29, 1.82) is 0 Å². The fourth-order valence-corrected chi connectivity index (χ4v) is 2.82. The second-order valence-corrected chi connectivity index (χ2v) is 5.35. The van der Waals surface area contributed by atoms with Gasteiger partial charge in [0.2, 0.25) is 5.91 Å². The van der Waals surface area contributed by atoms with Crippen LogP contribution < -0.4 is 4.90 Å².